The minimum Gasteiger partial charge on any atom is -0.495 e. The number of hydrogen-bond acceptors (Lipinski definition) is 13. The van der Waals surface area contributed by atoms with E-state index in [9.17, 15) is 29.5 Å². The molecule has 1 unspecified atom stereocenters. The minimum absolute atomic E-state index is 0.0151. The molecule has 2 fully saturated rings. The zero-order valence-electron chi connectivity index (χ0n) is 39.7. The molecular formula is C50H61N7O9S2. The Hall–Kier alpha value is -5.97. The van der Waals surface area contributed by atoms with E-state index in [1.54, 1.807) is 34.4 Å². The number of aliphatic hydroxyl groups excluding tert-OH is 1. The zero-order chi connectivity index (χ0) is 49.2. The lowest BCUT2D eigenvalue weighted by Crippen LogP contribution is -2.58. The van der Waals surface area contributed by atoms with Crippen molar-refractivity contribution in [3.63, 3.8) is 0 Å². The molecule has 3 N–H and O–H groups in total. The molecule has 1 aromatic heterocycles. The second-order valence-corrected chi connectivity index (χ2v) is 19.5. The van der Waals surface area contributed by atoms with Crippen LogP contribution in [-0.2, 0) is 35.2 Å². The van der Waals surface area contributed by atoms with Gasteiger partial charge in [-0.3, -0.25) is 24.1 Å². The Labute approximate surface area is 407 Å². The fraction of sp³-hybridized carbons (Fsp3) is 0.460. The summed E-state index contributed by atoms with van der Waals surface area (Å²) in [5.41, 5.74) is 4.66. The van der Waals surface area contributed by atoms with Crippen LogP contribution in [0.1, 0.15) is 77.1 Å². The second kappa shape index (κ2) is 22.9. The van der Waals surface area contributed by atoms with Crippen LogP contribution in [0.25, 0.3) is 10.4 Å². The van der Waals surface area contributed by atoms with Gasteiger partial charge in [-0.15, -0.1) is 11.3 Å². The van der Waals surface area contributed by atoms with Gasteiger partial charge in [0.25, 0.3) is 5.91 Å². The zero-order valence-corrected chi connectivity index (χ0v) is 41.3. The van der Waals surface area contributed by atoms with Crippen molar-refractivity contribution in [3.8, 4) is 28.0 Å². The van der Waals surface area contributed by atoms with E-state index in [-0.39, 0.29) is 44.5 Å². The third kappa shape index (κ3) is 12.4. The number of nitriles is 1. The molecule has 0 aliphatic carbocycles. The third-order valence-corrected chi connectivity index (χ3v) is 13.1. The Balaban J connectivity index is 0.859. The molecule has 3 aromatic carbocycles. The number of likely N-dealkylation sites (tertiary alicyclic amines) is 1. The molecule has 2 saturated heterocycles. The van der Waals surface area contributed by atoms with Gasteiger partial charge in [0.2, 0.25) is 17.7 Å². The molecule has 0 bridgehead atoms. The van der Waals surface area contributed by atoms with Crippen LogP contribution in [0.3, 0.4) is 0 Å². The van der Waals surface area contributed by atoms with E-state index in [1.165, 1.54) is 16.9 Å². The van der Waals surface area contributed by atoms with Gasteiger partial charge in [-0.25, -0.2) is 4.98 Å². The predicted octanol–water partition coefficient (Wildman–Crippen LogP) is 6.31. The van der Waals surface area contributed by atoms with Crippen LogP contribution >= 0.6 is 23.6 Å². The summed E-state index contributed by atoms with van der Waals surface area (Å²) in [4.78, 5) is 64.0. The third-order valence-electron chi connectivity index (χ3n) is 11.8. The van der Waals surface area contributed by atoms with Crippen molar-refractivity contribution in [2.75, 3.05) is 56.5 Å². The molecule has 3 heterocycles. The maximum atomic E-state index is 14.0. The Morgan fingerprint density at radius 3 is 2.32 bits per heavy atom. The number of amides is 4. The lowest BCUT2D eigenvalue weighted by Gasteiger charge is -2.35. The molecule has 0 saturated carbocycles. The summed E-state index contributed by atoms with van der Waals surface area (Å²) in [6.45, 7) is 12.8. The van der Waals surface area contributed by atoms with Gasteiger partial charge >= 0.3 is 0 Å². The number of thiocarbonyl (C=S) groups is 1. The van der Waals surface area contributed by atoms with E-state index in [2.05, 4.69) is 21.7 Å². The summed E-state index contributed by atoms with van der Waals surface area (Å²) in [6, 6.07) is 20.4. The quantitative estimate of drug-likeness (QED) is 0.0622. The smallest absolute Gasteiger partial charge is 0.259 e. The summed E-state index contributed by atoms with van der Waals surface area (Å²) in [7, 11) is 1.47. The molecule has 0 radical (unpaired) electrons. The van der Waals surface area contributed by atoms with Gasteiger partial charge in [0.1, 0.15) is 41.8 Å². The largest absolute Gasteiger partial charge is 0.495 e. The average Bonchev–Trinajstić information content (AvgIpc) is 3.98. The lowest BCUT2D eigenvalue weighted by atomic mass is 9.85. The molecule has 2 aliphatic rings. The second-order valence-electron chi connectivity index (χ2n) is 18.3. The van der Waals surface area contributed by atoms with Gasteiger partial charge in [-0.05, 0) is 105 Å². The van der Waals surface area contributed by atoms with Crippen molar-refractivity contribution in [2.24, 2.45) is 5.41 Å². The maximum absolute atomic E-state index is 14.0. The summed E-state index contributed by atoms with van der Waals surface area (Å²) in [6.07, 6.45) is 1.33. The number of nitrogens with zero attached hydrogens (tertiary/aromatic N) is 5. The molecule has 4 aromatic rings. The summed E-state index contributed by atoms with van der Waals surface area (Å²) in [5.74, 6) is -0.442. The Morgan fingerprint density at radius 1 is 0.985 bits per heavy atom. The number of methoxy groups -OCH3 is 1. The molecule has 68 heavy (non-hydrogen) atoms. The van der Waals surface area contributed by atoms with Gasteiger partial charge in [0, 0.05) is 51.1 Å². The maximum Gasteiger partial charge on any atom is 0.259 e. The van der Waals surface area contributed by atoms with Crippen molar-refractivity contribution in [3.05, 3.63) is 89.1 Å². The SMILES string of the molecule is COc1cc(N2C(=O)C(C)(C)N(c3ccc(OCCCCOCCCOCC(=O)NC(C(=O)N4C[C@H](O)C[C@H]4C(=O)NCc4ccc(-c5scnc5C)cc4)C(C)(C)C)cc3)C2=S)ccc1C#N. The summed E-state index contributed by atoms with van der Waals surface area (Å²) in [5, 5.41) is 26.0. The number of carbonyl (C=O) groups excluding carboxylic acids is 4. The van der Waals surface area contributed by atoms with Gasteiger partial charge in [0.05, 0.1) is 47.2 Å². The van der Waals surface area contributed by atoms with Gasteiger partial charge < -0.3 is 44.5 Å². The number of hydrogen-bond donors (Lipinski definition) is 3. The van der Waals surface area contributed by atoms with Crippen LogP contribution in [0.15, 0.2) is 72.2 Å². The first-order valence-electron chi connectivity index (χ1n) is 22.6. The first-order chi connectivity index (χ1) is 32.4. The Bertz CT molecular complexity index is 2470. The van der Waals surface area contributed by atoms with Gasteiger partial charge in [-0.2, -0.15) is 5.26 Å². The fourth-order valence-corrected chi connectivity index (χ4v) is 9.40. The standard InChI is InChI=1S/C50H61N7O9S2/c1-32-43(68-31-53-32)34-13-11-33(12-14-34)28-52-45(60)40-26-38(58)29-55(40)46(61)44(49(2,3)4)54-42(59)30-65-23-10-22-64-21-8-9-24-66-39-19-17-36(18-20-39)57-48(67)56(47(62)50(57,5)6)37-16-15-35(27-51)41(25-37)63-7/h11-20,25,31,38,40,44,58H,8-10,21-24,26,28-30H2,1-7H3,(H,52,60)(H,54,59)/t38-,40+,44?/m1/s1. The van der Waals surface area contributed by atoms with Crippen molar-refractivity contribution in [2.45, 2.75) is 97.5 Å². The number of anilines is 2. The highest BCUT2D eigenvalue weighted by Crippen LogP contribution is 2.38. The monoisotopic (exact) mass is 967 g/mol. The van der Waals surface area contributed by atoms with E-state index >= 15 is 0 Å². The van der Waals surface area contributed by atoms with Crippen molar-refractivity contribution >= 4 is 63.7 Å². The van der Waals surface area contributed by atoms with Crippen LogP contribution in [0.2, 0.25) is 0 Å². The highest BCUT2D eigenvalue weighted by Gasteiger charge is 2.50. The lowest BCUT2D eigenvalue weighted by molar-refractivity contribution is -0.144. The van der Waals surface area contributed by atoms with Crippen LogP contribution in [0.4, 0.5) is 11.4 Å². The van der Waals surface area contributed by atoms with Crippen molar-refractivity contribution in [1.82, 2.24) is 20.5 Å². The number of nitrogens with one attached hydrogen (secondary N) is 2. The van der Waals surface area contributed by atoms with Crippen LogP contribution < -0.4 is 29.9 Å². The van der Waals surface area contributed by atoms with E-state index in [4.69, 9.17) is 31.2 Å². The number of carbonyl (C=O) groups is 4. The molecule has 16 nitrogen and oxygen atoms in total. The summed E-state index contributed by atoms with van der Waals surface area (Å²) >= 11 is 7.37. The summed E-state index contributed by atoms with van der Waals surface area (Å²) < 4.78 is 22.7. The normalized spacial score (nSPS) is 17.2. The topological polar surface area (TPSA) is 196 Å². The number of aryl methyl sites for hydroxylation is 1. The van der Waals surface area contributed by atoms with Crippen LogP contribution in [-0.4, -0.2) is 114 Å². The number of ether oxygens (including phenoxy) is 4. The van der Waals surface area contributed by atoms with Gasteiger partial charge in [-0.1, -0.05) is 45.0 Å². The Morgan fingerprint density at radius 2 is 1.66 bits per heavy atom. The number of aliphatic hydroxyl groups is 1. The number of unbranched alkanes of at least 4 members (excludes halogenated alkanes) is 1. The highest BCUT2D eigenvalue weighted by molar-refractivity contribution is 7.81. The highest BCUT2D eigenvalue weighted by atomic mass is 32.1. The molecule has 4 amide bonds. The number of thiazole rings is 1. The first-order valence-corrected chi connectivity index (χ1v) is 23.9. The number of rotatable bonds is 21. The van der Waals surface area contributed by atoms with E-state index in [0.717, 1.165) is 40.2 Å². The molecule has 18 heteroatoms. The van der Waals surface area contributed by atoms with E-state index in [1.807, 2.05) is 95.6 Å². The molecule has 0 spiro atoms. The predicted molar refractivity (Wildman–Crippen MR) is 263 cm³/mol. The average molecular weight is 968 g/mol. The minimum atomic E-state index is -0.967. The number of aromatic nitrogens is 1. The first kappa shape index (κ1) is 51.4. The molecular weight excluding hydrogens is 907 g/mol. The van der Waals surface area contributed by atoms with Crippen molar-refractivity contribution < 1.29 is 43.2 Å². The van der Waals surface area contributed by atoms with Gasteiger partial charge in [0.15, 0.2) is 5.11 Å². The molecule has 362 valence electrons. The Kier molecular flexibility index (Phi) is 17.3. The number of benzene rings is 3. The number of β-amino-alcohol motifs (C(OH)–C–C–N with tert-alkyl or cyclic N) is 1. The van der Waals surface area contributed by atoms with Crippen molar-refractivity contribution in [1.29, 1.82) is 5.26 Å². The van der Waals surface area contributed by atoms with Crippen LogP contribution in [0, 0.1) is 23.7 Å². The molecule has 6 rings (SSSR count). The van der Waals surface area contributed by atoms with Crippen LogP contribution in [0.5, 0.6) is 11.5 Å². The fourth-order valence-electron chi connectivity index (χ4n) is 8.07. The molecule has 2 aliphatic heterocycles. The van der Waals surface area contributed by atoms with E-state index in [0.29, 0.717) is 54.1 Å². The van der Waals surface area contributed by atoms with E-state index < -0.39 is 41.0 Å². The molecule has 3 atom stereocenters.